The normalized spacial score (nSPS) is 15.6. The zero-order chi connectivity index (χ0) is 22.4. The number of para-hydroxylation sites is 1. The van der Waals surface area contributed by atoms with Crippen LogP contribution in [0, 0.1) is 26.7 Å². The first-order valence-electron chi connectivity index (χ1n) is 11.3. The Balaban J connectivity index is 1.77. The molecule has 5 rings (SSSR count). The molecule has 1 N–H and O–H groups in total. The highest BCUT2D eigenvalue weighted by atomic mass is 32.1. The average molecular weight is 441 g/mol. The number of thiophene rings is 1. The number of rotatable bonds is 3. The summed E-state index contributed by atoms with van der Waals surface area (Å²) in [5, 5.41) is 4.34. The van der Waals surface area contributed by atoms with Gasteiger partial charge in [0.1, 0.15) is 4.83 Å². The van der Waals surface area contributed by atoms with Crippen LogP contribution in [0.2, 0.25) is 0 Å². The van der Waals surface area contributed by atoms with Gasteiger partial charge in [-0.2, -0.15) is 0 Å². The number of nitrogens with one attached hydrogen (secondary N) is 1. The zero-order valence-corrected chi connectivity index (χ0v) is 19.9. The van der Waals surface area contributed by atoms with Crippen molar-refractivity contribution in [2.75, 3.05) is 5.32 Å². The lowest BCUT2D eigenvalue weighted by molar-refractivity contribution is 0.102. The molecule has 0 saturated heterocycles. The Bertz CT molecular complexity index is 1350. The van der Waals surface area contributed by atoms with Crippen molar-refractivity contribution in [2.45, 2.75) is 47.0 Å². The predicted molar refractivity (Wildman–Crippen MR) is 135 cm³/mol. The van der Waals surface area contributed by atoms with Gasteiger partial charge in [-0.3, -0.25) is 4.79 Å². The third kappa shape index (κ3) is 3.63. The Morgan fingerprint density at radius 2 is 1.91 bits per heavy atom. The maximum Gasteiger partial charge on any atom is 0.258 e. The van der Waals surface area contributed by atoms with Gasteiger partial charge in [-0.1, -0.05) is 55.0 Å². The molecule has 32 heavy (non-hydrogen) atoms. The lowest BCUT2D eigenvalue weighted by Crippen LogP contribution is -2.17. The summed E-state index contributed by atoms with van der Waals surface area (Å²) >= 11 is 1.81. The Morgan fingerprint density at radius 3 is 2.69 bits per heavy atom. The van der Waals surface area contributed by atoms with Crippen molar-refractivity contribution in [1.29, 1.82) is 0 Å². The van der Waals surface area contributed by atoms with E-state index < -0.39 is 0 Å². The fraction of sp³-hybridized carbons (Fsp3) is 0.286. The molecule has 162 valence electrons. The maximum atomic E-state index is 13.7. The van der Waals surface area contributed by atoms with E-state index in [1.54, 1.807) is 0 Å². The highest BCUT2D eigenvalue weighted by Crippen LogP contribution is 2.44. The van der Waals surface area contributed by atoms with E-state index in [1.165, 1.54) is 27.8 Å². The lowest BCUT2D eigenvalue weighted by Gasteiger charge is -2.20. The first-order chi connectivity index (χ1) is 15.4. The molecule has 1 aliphatic carbocycles. The number of hydrogen-bond donors (Lipinski definition) is 1. The summed E-state index contributed by atoms with van der Waals surface area (Å²) in [6.07, 6.45) is 3.34. The summed E-state index contributed by atoms with van der Waals surface area (Å²) in [6.45, 7) is 8.41. The predicted octanol–water partition coefficient (Wildman–Crippen LogP) is 7.27. The molecule has 2 aromatic carbocycles. The summed E-state index contributed by atoms with van der Waals surface area (Å²) in [5.74, 6) is 0.606. The average Bonchev–Trinajstić information content (AvgIpc) is 3.10. The topological polar surface area (TPSA) is 42.0 Å². The lowest BCUT2D eigenvalue weighted by atomic mass is 9.86. The Labute approximate surface area is 193 Å². The van der Waals surface area contributed by atoms with Crippen LogP contribution in [-0.4, -0.2) is 10.9 Å². The first-order valence-corrected chi connectivity index (χ1v) is 12.1. The number of aryl methyl sites for hydroxylation is 4. The number of hydrogen-bond acceptors (Lipinski definition) is 3. The Kier molecular flexibility index (Phi) is 5.34. The van der Waals surface area contributed by atoms with Gasteiger partial charge in [0, 0.05) is 21.5 Å². The number of carbonyl (C=O) groups is 1. The number of amides is 1. The molecule has 4 aromatic rings. The molecule has 0 radical (unpaired) electrons. The van der Waals surface area contributed by atoms with Crippen molar-refractivity contribution in [3.63, 3.8) is 0 Å². The van der Waals surface area contributed by atoms with Crippen LogP contribution < -0.4 is 5.32 Å². The van der Waals surface area contributed by atoms with E-state index in [0.717, 1.165) is 45.7 Å². The molecular weight excluding hydrogens is 412 g/mol. The number of carbonyl (C=O) groups excluding carboxylic acids is 1. The molecule has 1 aliphatic rings. The molecule has 1 amide bonds. The molecule has 4 heteroatoms. The summed E-state index contributed by atoms with van der Waals surface area (Å²) in [6, 6.07) is 16.4. The molecule has 2 heterocycles. The van der Waals surface area contributed by atoms with Crippen molar-refractivity contribution < 1.29 is 4.79 Å². The minimum atomic E-state index is -0.0909. The van der Waals surface area contributed by atoms with E-state index in [9.17, 15) is 4.79 Å². The van der Waals surface area contributed by atoms with Gasteiger partial charge in [0.15, 0.2) is 0 Å². The first kappa shape index (κ1) is 20.9. The second-order valence-electron chi connectivity index (χ2n) is 9.12. The van der Waals surface area contributed by atoms with Crippen LogP contribution in [-0.2, 0) is 12.8 Å². The minimum absolute atomic E-state index is 0.0909. The van der Waals surface area contributed by atoms with Crippen LogP contribution in [0.15, 0.2) is 48.5 Å². The second kappa shape index (κ2) is 8.18. The van der Waals surface area contributed by atoms with Gasteiger partial charge in [0.25, 0.3) is 5.91 Å². The van der Waals surface area contributed by atoms with Gasteiger partial charge in [-0.05, 0) is 68.7 Å². The quantitative estimate of drug-likeness (QED) is 0.364. The number of anilines is 1. The second-order valence-corrected chi connectivity index (χ2v) is 10.2. The highest BCUT2D eigenvalue weighted by molar-refractivity contribution is 7.19. The fourth-order valence-corrected chi connectivity index (χ4v) is 6.29. The van der Waals surface area contributed by atoms with E-state index in [2.05, 4.69) is 43.4 Å². The van der Waals surface area contributed by atoms with Gasteiger partial charge in [0.2, 0.25) is 0 Å². The zero-order valence-electron chi connectivity index (χ0n) is 19.1. The largest absolute Gasteiger partial charge is 0.322 e. The molecule has 0 aliphatic heterocycles. The molecule has 0 bridgehead atoms. The number of pyridine rings is 1. The molecule has 0 fully saturated rings. The van der Waals surface area contributed by atoms with Crippen molar-refractivity contribution >= 4 is 33.1 Å². The van der Waals surface area contributed by atoms with Crippen molar-refractivity contribution in [3.05, 3.63) is 81.4 Å². The van der Waals surface area contributed by atoms with Crippen LogP contribution in [0.4, 0.5) is 5.69 Å². The Hall–Kier alpha value is -2.98. The monoisotopic (exact) mass is 440 g/mol. The molecule has 2 aromatic heterocycles. The SMILES string of the molecule is Cc1cccc(-c2c(C(=O)Nc3ccccc3C)c(C)nc3sc4c(c23)CC[C@H](C)C4)c1. The van der Waals surface area contributed by atoms with E-state index in [4.69, 9.17) is 4.98 Å². The molecule has 0 unspecified atom stereocenters. The number of nitrogens with zero attached hydrogens (tertiary/aromatic N) is 1. The minimum Gasteiger partial charge on any atom is -0.322 e. The van der Waals surface area contributed by atoms with E-state index in [0.29, 0.717) is 11.5 Å². The van der Waals surface area contributed by atoms with Gasteiger partial charge in [0.05, 0.1) is 11.3 Å². The van der Waals surface area contributed by atoms with Crippen LogP contribution >= 0.6 is 11.3 Å². The van der Waals surface area contributed by atoms with Gasteiger partial charge in [-0.15, -0.1) is 11.3 Å². The smallest absolute Gasteiger partial charge is 0.258 e. The number of fused-ring (bicyclic) bond motifs is 3. The van der Waals surface area contributed by atoms with Gasteiger partial charge in [-0.25, -0.2) is 4.98 Å². The number of aromatic nitrogens is 1. The van der Waals surface area contributed by atoms with Gasteiger partial charge < -0.3 is 5.32 Å². The van der Waals surface area contributed by atoms with E-state index in [1.807, 2.05) is 49.4 Å². The molecule has 3 nitrogen and oxygen atoms in total. The van der Waals surface area contributed by atoms with Crippen molar-refractivity contribution in [3.8, 4) is 11.1 Å². The third-order valence-corrected chi connectivity index (χ3v) is 7.70. The molecule has 1 atom stereocenters. The molecular formula is C28H28N2OS. The standard InChI is InChI=1S/C28H28N2OS/c1-16-8-7-10-20(14-16)25-24(27(31)30-22-11-6-5-9-18(22)3)19(4)29-28-26(25)21-13-12-17(2)15-23(21)32-28/h5-11,14,17H,12-13,15H2,1-4H3,(H,30,31)/t17-/m0/s1. The van der Waals surface area contributed by atoms with E-state index in [-0.39, 0.29) is 5.91 Å². The van der Waals surface area contributed by atoms with E-state index >= 15 is 0 Å². The summed E-state index contributed by atoms with van der Waals surface area (Å²) in [5.41, 5.74) is 8.08. The number of benzene rings is 2. The molecule has 0 saturated carbocycles. The van der Waals surface area contributed by atoms with Gasteiger partial charge >= 0.3 is 0 Å². The molecule has 0 spiro atoms. The van der Waals surface area contributed by atoms with Crippen LogP contribution in [0.3, 0.4) is 0 Å². The highest BCUT2D eigenvalue weighted by Gasteiger charge is 2.28. The maximum absolute atomic E-state index is 13.7. The fourth-order valence-electron chi connectivity index (χ4n) is 4.85. The van der Waals surface area contributed by atoms with Crippen LogP contribution in [0.25, 0.3) is 21.3 Å². The Morgan fingerprint density at radius 1 is 1.09 bits per heavy atom. The van der Waals surface area contributed by atoms with Crippen LogP contribution in [0.1, 0.15) is 51.0 Å². The summed E-state index contributed by atoms with van der Waals surface area (Å²) in [4.78, 5) is 21.2. The van der Waals surface area contributed by atoms with Crippen molar-refractivity contribution in [1.82, 2.24) is 4.98 Å². The van der Waals surface area contributed by atoms with Crippen molar-refractivity contribution in [2.24, 2.45) is 5.92 Å². The summed E-state index contributed by atoms with van der Waals surface area (Å²) < 4.78 is 0. The van der Waals surface area contributed by atoms with Crippen LogP contribution in [0.5, 0.6) is 0 Å². The third-order valence-electron chi connectivity index (χ3n) is 6.55. The summed E-state index contributed by atoms with van der Waals surface area (Å²) in [7, 11) is 0.